The zero-order valence-corrected chi connectivity index (χ0v) is 12.0. The molecule has 1 atom stereocenters. The Morgan fingerprint density at radius 1 is 1.39 bits per heavy atom. The predicted octanol–water partition coefficient (Wildman–Crippen LogP) is -1.63. The smallest absolute Gasteiger partial charge is 0.249 e. The molecule has 1 amide bonds. The number of amides is 1. The fourth-order valence-electron chi connectivity index (χ4n) is 1.02. The molecule has 0 aliphatic heterocycles. The summed E-state index contributed by atoms with van der Waals surface area (Å²) in [5.74, 6) is -0.930. The quantitative estimate of drug-likeness (QED) is 0.520. The van der Waals surface area contributed by atoms with Gasteiger partial charge in [0, 0.05) is 26.1 Å². The van der Waals surface area contributed by atoms with Crippen LogP contribution in [0.4, 0.5) is 0 Å². The largest absolute Gasteiger partial charge is 0.396 e. The standard InChI is InChI=1S/C10H22N2O5S/c1-10(2,7-13)8(14)9(15)11-5-6-18(16,17)12(3)4/h8,13-14H,5-7H2,1-4H3,(H,11,15). The number of nitrogens with one attached hydrogen (secondary N) is 1. The molecule has 18 heavy (non-hydrogen) atoms. The summed E-state index contributed by atoms with van der Waals surface area (Å²) in [6.07, 6.45) is -1.38. The summed E-state index contributed by atoms with van der Waals surface area (Å²) in [6.45, 7) is 2.64. The minimum absolute atomic E-state index is 0.0854. The normalized spacial score (nSPS) is 14.6. The average Bonchev–Trinajstić information content (AvgIpc) is 2.27. The SMILES string of the molecule is CN(C)S(=O)(=O)CCNC(=O)C(O)C(C)(C)CO. The minimum Gasteiger partial charge on any atom is -0.396 e. The summed E-state index contributed by atoms with van der Waals surface area (Å²) in [5.41, 5.74) is -0.968. The first kappa shape index (κ1) is 17.3. The lowest BCUT2D eigenvalue weighted by Gasteiger charge is -2.27. The van der Waals surface area contributed by atoms with Crippen molar-refractivity contribution in [3.05, 3.63) is 0 Å². The van der Waals surface area contributed by atoms with Crippen molar-refractivity contribution in [3.8, 4) is 0 Å². The lowest BCUT2D eigenvalue weighted by atomic mass is 9.87. The van der Waals surface area contributed by atoms with Gasteiger partial charge in [-0.05, 0) is 0 Å². The van der Waals surface area contributed by atoms with Crippen LogP contribution in [0.1, 0.15) is 13.8 Å². The van der Waals surface area contributed by atoms with Crippen molar-refractivity contribution in [1.82, 2.24) is 9.62 Å². The van der Waals surface area contributed by atoms with E-state index in [9.17, 15) is 18.3 Å². The Morgan fingerprint density at radius 3 is 2.28 bits per heavy atom. The van der Waals surface area contributed by atoms with Crippen molar-refractivity contribution in [2.75, 3.05) is 33.0 Å². The van der Waals surface area contributed by atoms with Crippen molar-refractivity contribution < 1.29 is 23.4 Å². The molecule has 0 spiro atoms. The number of sulfonamides is 1. The molecule has 3 N–H and O–H groups in total. The molecule has 0 aliphatic rings. The van der Waals surface area contributed by atoms with E-state index in [2.05, 4.69) is 5.32 Å². The van der Waals surface area contributed by atoms with Gasteiger partial charge >= 0.3 is 0 Å². The van der Waals surface area contributed by atoms with E-state index in [-0.39, 0.29) is 18.9 Å². The second-order valence-electron chi connectivity index (χ2n) is 4.94. The molecule has 108 valence electrons. The van der Waals surface area contributed by atoms with Gasteiger partial charge in [-0.2, -0.15) is 0 Å². The number of rotatable bonds is 7. The molecule has 0 aromatic carbocycles. The van der Waals surface area contributed by atoms with E-state index >= 15 is 0 Å². The van der Waals surface area contributed by atoms with Crippen LogP contribution < -0.4 is 5.32 Å². The van der Waals surface area contributed by atoms with E-state index in [1.54, 1.807) is 0 Å². The molecule has 0 fully saturated rings. The summed E-state index contributed by atoms with van der Waals surface area (Å²) >= 11 is 0. The van der Waals surface area contributed by atoms with Crippen LogP contribution in [0.2, 0.25) is 0 Å². The van der Waals surface area contributed by atoms with Gasteiger partial charge in [-0.1, -0.05) is 13.8 Å². The number of hydrogen-bond donors (Lipinski definition) is 3. The number of aliphatic hydroxyl groups is 2. The van der Waals surface area contributed by atoms with Gasteiger partial charge < -0.3 is 15.5 Å². The van der Waals surface area contributed by atoms with Crippen LogP contribution in [-0.4, -0.2) is 67.9 Å². The highest BCUT2D eigenvalue weighted by molar-refractivity contribution is 7.89. The zero-order chi connectivity index (χ0) is 14.6. The lowest BCUT2D eigenvalue weighted by molar-refractivity contribution is -0.136. The molecular weight excluding hydrogens is 260 g/mol. The number of hydrogen-bond acceptors (Lipinski definition) is 5. The Bertz CT molecular complexity index is 378. The fraction of sp³-hybridized carbons (Fsp3) is 0.900. The van der Waals surface area contributed by atoms with Crippen LogP contribution in [0, 0.1) is 5.41 Å². The Balaban J connectivity index is 4.30. The summed E-state index contributed by atoms with van der Waals surface area (Å²) in [4.78, 5) is 11.5. The highest BCUT2D eigenvalue weighted by Gasteiger charge is 2.32. The number of nitrogens with zero attached hydrogens (tertiary/aromatic N) is 1. The number of carbonyl (C=O) groups excluding carboxylic acids is 1. The maximum Gasteiger partial charge on any atom is 0.249 e. The van der Waals surface area contributed by atoms with Crippen molar-refractivity contribution in [1.29, 1.82) is 0 Å². The van der Waals surface area contributed by atoms with E-state index < -0.39 is 27.4 Å². The Hall–Kier alpha value is -0.700. The zero-order valence-electron chi connectivity index (χ0n) is 11.2. The van der Waals surface area contributed by atoms with E-state index in [0.29, 0.717) is 0 Å². The maximum atomic E-state index is 11.5. The van der Waals surface area contributed by atoms with Crippen LogP contribution in [0.5, 0.6) is 0 Å². The van der Waals surface area contributed by atoms with Crippen molar-refractivity contribution in [2.24, 2.45) is 5.41 Å². The molecule has 0 aromatic heterocycles. The summed E-state index contributed by atoms with van der Waals surface area (Å²) in [6, 6.07) is 0. The third-order valence-electron chi connectivity index (χ3n) is 2.61. The van der Waals surface area contributed by atoms with E-state index in [1.165, 1.54) is 27.9 Å². The molecule has 0 saturated heterocycles. The maximum absolute atomic E-state index is 11.5. The fourth-order valence-corrected chi connectivity index (χ4v) is 1.75. The van der Waals surface area contributed by atoms with Gasteiger partial charge in [0.25, 0.3) is 0 Å². The van der Waals surface area contributed by atoms with Crippen molar-refractivity contribution in [3.63, 3.8) is 0 Å². The molecule has 0 heterocycles. The monoisotopic (exact) mass is 282 g/mol. The van der Waals surface area contributed by atoms with E-state index in [0.717, 1.165) is 4.31 Å². The van der Waals surface area contributed by atoms with Crippen LogP contribution >= 0.6 is 0 Å². The third kappa shape index (κ3) is 4.89. The molecule has 0 saturated carbocycles. The van der Waals surface area contributed by atoms with Crippen LogP contribution in [0.25, 0.3) is 0 Å². The second kappa shape index (κ2) is 6.46. The topological polar surface area (TPSA) is 107 Å². The predicted molar refractivity (Wildman–Crippen MR) is 67.4 cm³/mol. The molecule has 0 bridgehead atoms. The number of aliphatic hydroxyl groups excluding tert-OH is 2. The summed E-state index contributed by atoms with van der Waals surface area (Å²) < 4.78 is 23.9. The van der Waals surface area contributed by atoms with E-state index in [4.69, 9.17) is 5.11 Å². The first-order valence-corrected chi connectivity index (χ1v) is 7.12. The van der Waals surface area contributed by atoms with Gasteiger partial charge in [0.2, 0.25) is 15.9 Å². The van der Waals surface area contributed by atoms with E-state index in [1.807, 2.05) is 0 Å². The van der Waals surface area contributed by atoms with Gasteiger partial charge in [-0.25, -0.2) is 12.7 Å². The molecule has 0 aliphatic carbocycles. The Kier molecular flexibility index (Phi) is 6.21. The van der Waals surface area contributed by atoms with Crippen molar-refractivity contribution >= 4 is 15.9 Å². The van der Waals surface area contributed by atoms with Crippen molar-refractivity contribution in [2.45, 2.75) is 20.0 Å². The summed E-state index contributed by atoms with van der Waals surface area (Å²) in [7, 11) is -0.566. The van der Waals surface area contributed by atoms with Gasteiger partial charge in [0.15, 0.2) is 0 Å². The average molecular weight is 282 g/mol. The lowest BCUT2D eigenvalue weighted by Crippen LogP contribution is -2.46. The Morgan fingerprint density at radius 2 is 1.89 bits per heavy atom. The molecule has 8 heteroatoms. The third-order valence-corrected chi connectivity index (χ3v) is 4.44. The molecule has 1 unspecified atom stereocenters. The molecule has 0 aromatic rings. The summed E-state index contributed by atoms with van der Waals surface area (Å²) in [5, 5.41) is 21.0. The second-order valence-corrected chi connectivity index (χ2v) is 7.24. The molecular formula is C10H22N2O5S. The van der Waals surface area contributed by atoms with Gasteiger partial charge in [-0.15, -0.1) is 0 Å². The molecule has 0 rings (SSSR count). The van der Waals surface area contributed by atoms with Gasteiger partial charge in [-0.3, -0.25) is 4.79 Å². The molecule has 0 radical (unpaired) electrons. The minimum atomic E-state index is -3.37. The highest BCUT2D eigenvalue weighted by Crippen LogP contribution is 2.19. The first-order chi connectivity index (χ1) is 8.04. The van der Waals surface area contributed by atoms with Gasteiger partial charge in [0.1, 0.15) is 6.10 Å². The number of carbonyl (C=O) groups is 1. The first-order valence-electron chi connectivity index (χ1n) is 5.51. The van der Waals surface area contributed by atoms with Crippen LogP contribution in [0.3, 0.4) is 0 Å². The van der Waals surface area contributed by atoms with Crippen LogP contribution in [-0.2, 0) is 14.8 Å². The van der Waals surface area contributed by atoms with Gasteiger partial charge in [0.05, 0.1) is 12.4 Å². The van der Waals surface area contributed by atoms with Crippen LogP contribution in [0.15, 0.2) is 0 Å². The Labute approximate surface area is 108 Å². The highest BCUT2D eigenvalue weighted by atomic mass is 32.2. The molecule has 7 nitrogen and oxygen atoms in total.